The van der Waals surface area contributed by atoms with Gasteiger partial charge in [0, 0.05) is 35.8 Å². The minimum absolute atomic E-state index is 0.198. The van der Waals surface area contributed by atoms with Crippen molar-refractivity contribution in [2.75, 3.05) is 25.6 Å². The van der Waals surface area contributed by atoms with E-state index in [-0.39, 0.29) is 5.97 Å². The van der Waals surface area contributed by atoms with Gasteiger partial charge in [0.05, 0.1) is 13.7 Å². The van der Waals surface area contributed by atoms with Crippen LogP contribution < -0.4 is 10.1 Å². The van der Waals surface area contributed by atoms with Gasteiger partial charge < -0.3 is 19.8 Å². The molecule has 2 aromatic heterocycles. The summed E-state index contributed by atoms with van der Waals surface area (Å²) in [7, 11) is 1.42. The SMILES string of the molecule is COC(=O)CCc1c(C)[nH]c2ccc(OCCCNc3ccccn3)cc12. The molecule has 6 heteroatoms. The average Bonchev–Trinajstić information content (AvgIpc) is 3.01. The number of ether oxygens (including phenoxy) is 2. The van der Waals surface area contributed by atoms with Crippen molar-refractivity contribution in [3.8, 4) is 5.75 Å². The summed E-state index contributed by atoms with van der Waals surface area (Å²) in [6.45, 7) is 3.44. The first-order valence-electron chi connectivity index (χ1n) is 9.13. The molecule has 1 aromatic carbocycles. The maximum absolute atomic E-state index is 11.5. The molecule has 0 radical (unpaired) electrons. The largest absolute Gasteiger partial charge is 0.494 e. The number of nitrogens with zero attached hydrogens (tertiary/aromatic N) is 1. The number of anilines is 1. The van der Waals surface area contributed by atoms with Gasteiger partial charge in [-0.05, 0) is 55.7 Å². The van der Waals surface area contributed by atoms with E-state index in [1.165, 1.54) is 7.11 Å². The molecule has 0 aliphatic rings. The molecule has 0 saturated heterocycles. The van der Waals surface area contributed by atoms with Gasteiger partial charge in [0.1, 0.15) is 11.6 Å². The molecule has 6 nitrogen and oxygen atoms in total. The van der Waals surface area contributed by atoms with Crippen LogP contribution in [0.4, 0.5) is 5.82 Å². The fourth-order valence-electron chi connectivity index (χ4n) is 3.05. The number of aromatic amines is 1. The highest BCUT2D eigenvalue weighted by Gasteiger charge is 2.11. The Morgan fingerprint density at radius 3 is 2.93 bits per heavy atom. The molecule has 0 amide bonds. The third-order valence-corrected chi connectivity index (χ3v) is 4.46. The highest BCUT2D eigenvalue weighted by Crippen LogP contribution is 2.27. The predicted octanol–water partition coefficient (Wildman–Crippen LogP) is 3.86. The third kappa shape index (κ3) is 5.00. The summed E-state index contributed by atoms with van der Waals surface area (Å²) in [6, 6.07) is 11.8. The van der Waals surface area contributed by atoms with E-state index in [1.54, 1.807) is 6.20 Å². The second kappa shape index (κ2) is 9.07. The number of nitrogens with one attached hydrogen (secondary N) is 2. The number of methoxy groups -OCH3 is 1. The number of benzene rings is 1. The molecule has 0 aliphatic carbocycles. The van der Waals surface area contributed by atoms with Gasteiger partial charge >= 0.3 is 5.97 Å². The van der Waals surface area contributed by atoms with Crippen molar-refractivity contribution in [1.82, 2.24) is 9.97 Å². The van der Waals surface area contributed by atoms with Crippen LogP contribution in [-0.2, 0) is 16.0 Å². The van der Waals surface area contributed by atoms with Crippen LogP contribution in [0.25, 0.3) is 10.9 Å². The molecule has 142 valence electrons. The number of H-pyrrole nitrogens is 1. The van der Waals surface area contributed by atoms with E-state index in [2.05, 4.69) is 15.3 Å². The molecule has 0 aliphatic heterocycles. The van der Waals surface area contributed by atoms with Gasteiger partial charge in [0.25, 0.3) is 0 Å². The van der Waals surface area contributed by atoms with Crippen molar-refractivity contribution in [2.24, 2.45) is 0 Å². The Labute approximate surface area is 158 Å². The van der Waals surface area contributed by atoms with Crippen LogP contribution in [0, 0.1) is 6.92 Å². The summed E-state index contributed by atoms with van der Waals surface area (Å²) in [5.41, 5.74) is 3.26. The second-order valence-corrected chi connectivity index (χ2v) is 6.36. The van der Waals surface area contributed by atoms with Gasteiger partial charge in [-0.3, -0.25) is 4.79 Å². The Hall–Kier alpha value is -3.02. The first kappa shape index (κ1) is 18.8. The molecule has 0 bridgehead atoms. The summed E-state index contributed by atoms with van der Waals surface area (Å²) in [5.74, 6) is 1.51. The maximum Gasteiger partial charge on any atom is 0.305 e. The number of carbonyl (C=O) groups is 1. The Morgan fingerprint density at radius 2 is 2.15 bits per heavy atom. The quantitative estimate of drug-likeness (QED) is 0.444. The van der Waals surface area contributed by atoms with E-state index >= 15 is 0 Å². The summed E-state index contributed by atoms with van der Waals surface area (Å²) in [4.78, 5) is 19.1. The van der Waals surface area contributed by atoms with Crippen LogP contribution in [-0.4, -0.2) is 36.2 Å². The predicted molar refractivity (Wildman–Crippen MR) is 106 cm³/mol. The standard InChI is InChI=1S/C21H25N3O3/c1-15-17(8-10-21(25)26-2)18-14-16(7-9-19(18)24-15)27-13-5-12-23-20-6-3-4-11-22-20/h3-4,6-7,9,11,14,24H,5,8,10,12-13H2,1-2H3,(H,22,23). The van der Waals surface area contributed by atoms with Crippen LogP contribution in [0.3, 0.4) is 0 Å². The average molecular weight is 367 g/mol. The molecule has 0 unspecified atom stereocenters. The number of carbonyl (C=O) groups excluding carboxylic acids is 1. The van der Waals surface area contributed by atoms with Crippen LogP contribution in [0.5, 0.6) is 5.75 Å². The first-order valence-corrected chi connectivity index (χ1v) is 9.13. The lowest BCUT2D eigenvalue weighted by atomic mass is 10.1. The molecule has 3 aromatic rings. The lowest BCUT2D eigenvalue weighted by Gasteiger charge is -2.08. The molecule has 2 heterocycles. The summed E-state index contributed by atoms with van der Waals surface area (Å²) in [5, 5.41) is 4.36. The minimum Gasteiger partial charge on any atom is -0.494 e. The number of fused-ring (bicyclic) bond motifs is 1. The van der Waals surface area contributed by atoms with Crippen molar-refractivity contribution >= 4 is 22.7 Å². The number of esters is 1. The molecule has 0 atom stereocenters. The Balaban J connectivity index is 1.56. The molecule has 0 fully saturated rings. The van der Waals surface area contributed by atoms with Crippen LogP contribution in [0.15, 0.2) is 42.6 Å². The monoisotopic (exact) mass is 367 g/mol. The smallest absolute Gasteiger partial charge is 0.305 e. The topological polar surface area (TPSA) is 76.2 Å². The lowest BCUT2D eigenvalue weighted by Crippen LogP contribution is -2.08. The summed E-state index contributed by atoms with van der Waals surface area (Å²) in [6.07, 6.45) is 3.66. The Bertz CT molecular complexity index is 890. The second-order valence-electron chi connectivity index (χ2n) is 6.36. The molecule has 2 N–H and O–H groups in total. The molecular formula is C21H25N3O3. The van der Waals surface area contributed by atoms with Crippen molar-refractivity contribution in [3.63, 3.8) is 0 Å². The number of pyridine rings is 1. The Kier molecular flexibility index (Phi) is 6.30. The lowest BCUT2D eigenvalue weighted by molar-refractivity contribution is -0.140. The molecule has 0 saturated carbocycles. The van der Waals surface area contributed by atoms with E-state index < -0.39 is 0 Å². The number of rotatable bonds is 9. The third-order valence-electron chi connectivity index (χ3n) is 4.46. The van der Waals surface area contributed by atoms with Crippen molar-refractivity contribution in [2.45, 2.75) is 26.2 Å². The fourth-order valence-corrected chi connectivity index (χ4v) is 3.05. The highest BCUT2D eigenvalue weighted by molar-refractivity contribution is 5.86. The zero-order valence-electron chi connectivity index (χ0n) is 15.7. The van der Waals surface area contributed by atoms with E-state index in [9.17, 15) is 4.79 Å². The summed E-state index contributed by atoms with van der Waals surface area (Å²) >= 11 is 0. The maximum atomic E-state index is 11.5. The molecule has 3 rings (SSSR count). The van der Waals surface area contributed by atoms with E-state index in [4.69, 9.17) is 9.47 Å². The number of hydrogen-bond donors (Lipinski definition) is 2. The highest BCUT2D eigenvalue weighted by atomic mass is 16.5. The van der Waals surface area contributed by atoms with Crippen LogP contribution >= 0.6 is 0 Å². The van der Waals surface area contributed by atoms with E-state index in [0.29, 0.717) is 19.4 Å². The van der Waals surface area contributed by atoms with Crippen molar-refractivity contribution in [3.05, 3.63) is 53.9 Å². The van der Waals surface area contributed by atoms with E-state index in [0.717, 1.165) is 46.7 Å². The number of aryl methyl sites for hydroxylation is 2. The normalized spacial score (nSPS) is 10.7. The fraction of sp³-hybridized carbons (Fsp3) is 0.333. The van der Waals surface area contributed by atoms with Crippen molar-refractivity contribution < 1.29 is 14.3 Å². The van der Waals surface area contributed by atoms with Gasteiger partial charge in [0.2, 0.25) is 0 Å². The number of hydrogen-bond acceptors (Lipinski definition) is 5. The van der Waals surface area contributed by atoms with Gasteiger partial charge in [-0.1, -0.05) is 6.07 Å². The van der Waals surface area contributed by atoms with Gasteiger partial charge in [0.15, 0.2) is 0 Å². The molecule has 27 heavy (non-hydrogen) atoms. The number of aromatic nitrogens is 2. The first-order chi connectivity index (χ1) is 13.2. The molecular weight excluding hydrogens is 342 g/mol. The van der Waals surface area contributed by atoms with E-state index in [1.807, 2.05) is 43.3 Å². The molecule has 0 spiro atoms. The van der Waals surface area contributed by atoms with Gasteiger partial charge in [-0.2, -0.15) is 0 Å². The van der Waals surface area contributed by atoms with Crippen LogP contribution in [0.2, 0.25) is 0 Å². The van der Waals surface area contributed by atoms with Crippen LogP contribution in [0.1, 0.15) is 24.1 Å². The minimum atomic E-state index is -0.198. The van der Waals surface area contributed by atoms with Gasteiger partial charge in [-0.25, -0.2) is 4.98 Å². The summed E-state index contributed by atoms with van der Waals surface area (Å²) < 4.78 is 10.6. The Morgan fingerprint density at radius 1 is 1.26 bits per heavy atom. The zero-order chi connectivity index (χ0) is 19.1. The van der Waals surface area contributed by atoms with Crippen molar-refractivity contribution in [1.29, 1.82) is 0 Å². The van der Waals surface area contributed by atoms with Gasteiger partial charge in [-0.15, -0.1) is 0 Å². The zero-order valence-corrected chi connectivity index (χ0v) is 15.7.